The zero-order valence-corrected chi connectivity index (χ0v) is 23.7. The Kier molecular flexibility index (Phi) is 8.03. The Labute approximate surface area is 239 Å². The Morgan fingerprint density at radius 2 is 1.93 bits per heavy atom. The summed E-state index contributed by atoms with van der Waals surface area (Å²) in [6.07, 6.45) is 2.37. The van der Waals surface area contributed by atoms with Crippen molar-refractivity contribution in [3.8, 4) is 0 Å². The number of allylic oxidation sites excluding steroid dienone is 4. The first-order chi connectivity index (χ1) is 19.0. The fourth-order valence-electron chi connectivity index (χ4n) is 8.64. The maximum atomic E-state index is 17.4. The third kappa shape index (κ3) is 4.65. The average Bonchev–Trinajstić information content (AvgIpc) is 3.19. The van der Waals surface area contributed by atoms with E-state index < -0.39 is 64.2 Å². The highest BCUT2D eigenvalue weighted by Crippen LogP contribution is 2.70. The summed E-state index contributed by atoms with van der Waals surface area (Å²) in [7, 11) is 0. The number of hydroxylamine groups is 2. The van der Waals surface area contributed by atoms with Crippen molar-refractivity contribution in [1.29, 1.82) is 0 Å². The number of carbonyl (C=O) groups is 2. The molecule has 0 aliphatic heterocycles. The number of ketones is 1. The fraction of sp³-hybridized carbons (Fsp3) is 0.613. The lowest BCUT2D eigenvalue weighted by Gasteiger charge is -2.62. The van der Waals surface area contributed by atoms with Gasteiger partial charge in [-0.1, -0.05) is 54.9 Å². The second-order valence-electron chi connectivity index (χ2n) is 12.5. The van der Waals surface area contributed by atoms with Gasteiger partial charge in [0.15, 0.2) is 17.5 Å². The van der Waals surface area contributed by atoms with Crippen molar-refractivity contribution in [2.45, 2.75) is 63.9 Å². The van der Waals surface area contributed by atoms with Gasteiger partial charge in [-0.05, 0) is 79.6 Å². The third-order valence-corrected chi connectivity index (χ3v) is 10.5. The highest BCUT2D eigenvalue weighted by molar-refractivity contribution is 6.17. The molecule has 5 rings (SSSR count). The highest BCUT2D eigenvalue weighted by atomic mass is 35.5. The van der Waals surface area contributed by atoms with Crippen LogP contribution in [0.15, 0.2) is 54.1 Å². The number of benzene rings is 1. The number of esters is 1. The van der Waals surface area contributed by atoms with E-state index in [1.165, 1.54) is 23.3 Å². The third-order valence-electron chi connectivity index (χ3n) is 10.4. The van der Waals surface area contributed by atoms with Crippen molar-refractivity contribution < 1.29 is 33.4 Å². The van der Waals surface area contributed by atoms with E-state index in [1.807, 2.05) is 37.3 Å². The Hall–Kier alpha value is -2.13. The number of hydrogen-bond donors (Lipinski definition) is 2. The lowest BCUT2D eigenvalue weighted by atomic mass is 9.45. The van der Waals surface area contributed by atoms with E-state index in [9.17, 15) is 19.9 Å². The molecule has 6 nitrogen and oxygen atoms in total. The number of nitrogens with zero attached hydrogens (tertiary/aromatic N) is 1. The first-order valence-electron chi connectivity index (χ1n) is 14.1. The molecule has 4 aliphatic rings. The molecule has 218 valence electrons. The highest BCUT2D eigenvalue weighted by Gasteiger charge is 2.73. The van der Waals surface area contributed by atoms with Gasteiger partial charge in [-0.15, -0.1) is 0 Å². The van der Waals surface area contributed by atoms with E-state index in [0.29, 0.717) is 19.4 Å². The summed E-state index contributed by atoms with van der Waals surface area (Å²) in [4.78, 5) is 25.4. The van der Waals surface area contributed by atoms with Gasteiger partial charge in [0.25, 0.3) is 0 Å². The molecule has 0 radical (unpaired) electrons. The molecule has 0 bridgehead atoms. The first kappa shape index (κ1) is 29.4. The van der Waals surface area contributed by atoms with Gasteiger partial charge in [0.05, 0.1) is 12.0 Å². The van der Waals surface area contributed by atoms with Crippen molar-refractivity contribution in [2.75, 3.05) is 19.2 Å². The molecular formula is C31H38ClF2NO5. The molecule has 0 amide bonds. The van der Waals surface area contributed by atoms with Crippen LogP contribution in [-0.2, 0) is 20.7 Å². The average molecular weight is 578 g/mol. The van der Waals surface area contributed by atoms with Gasteiger partial charge >= 0.3 is 5.97 Å². The maximum absolute atomic E-state index is 17.4. The molecule has 0 heterocycles. The first-order valence-corrected chi connectivity index (χ1v) is 14.7. The molecule has 0 saturated heterocycles. The molecule has 3 fully saturated rings. The molecule has 1 aromatic rings. The molecule has 1 aromatic carbocycles. The monoisotopic (exact) mass is 577 g/mol. The van der Waals surface area contributed by atoms with Crippen LogP contribution >= 0.6 is 11.6 Å². The molecule has 9 atom stereocenters. The van der Waals surface area contributed by atoms with Crippen molar-refractivity contribution in [2.24, 2.45) is 34.5 Å². The Morgan fingerprint density at radius 1 is 1.20 bits per heavy atom. The van der Waals surface area contributed by atoms with Gasteiger partial charge in [-0.25, -0.2) is 8.78 Å². The van der Waals surface area contributed by atoms with Crippen molar-refractivity contribution in [3.05, 3.63) is 59.7 Å². The number of fused-ring (bicyclic) bond motifs is 5. The Bertz CT molecular complexity index is 1200. The van der Waals surface area contributed by atoms with Crippen LogP contribution in [0.5, 0.6) is 0 Å². The molecule has 2 N–H and O–H groups in total. The van der Waals surface area contributed by atoms with Gasteiger partial charge in [0.1, 0.15) is 6.17 Å². The summed E-state index contributed by atoms with van der Waals surface area (Å²) in [6, 6.07) is 9.58. The van der Waals surface area contributed by atoms with Crippen LogP contribution in [-0.4, -0.2) is 64.2 Å². The van der Waals surface area contributed by atoms with Crippen LogP contribution in [0.1, 0.15) is 45.1 Å². The number of halogens is 3. The number of aliphatic hydroxyl groups excluding tert-OH is 1. The number of ether oxygens (including phenoxy) is 1. The fourth-order valence-corrected chi connectivity index (χ4v) is 8.75. The molecule has 0 aromatic heterocycles. The summed E-state index contributed by atoms with van der Waals surface area (Å²) in [5, 5.41) is 23.5. The van der Waals surface area contributed by atoms with E-state index >= 15 is 8.78 Å². The topological polar surface area (TPSA) is 87.1 Å². The number of hydrogen-bond acceptors (Lipinski definition) is 6. The van der Waals surface area contributed by atoms with Gasteiger partial charge in [0, 0.05) is 24.4 Å². The van der Waals surface area contributed by atoms with Crippen LogP contribution in [0, 0.1) is 34.5 Å². The Balaban J connectivity index is 1.42. The van der Waals surface area contributed by atoms with Gasteiger partial charge in [-0.2, -0.15) is 5.06 Å². The Morgan fingerprint density at radius 3 is 2.62 bits per heavy atom. The lowest BCUT2D eigenvalue weighted by molar-refractivity contribution is -0.205. The zero-order valence-electron chi connectivity index (χ0n) is 22.9. The zero-order chi connectivity index (χ0) is 28.9. The van der Waals surface area contributed by atoms with Crippen LogP contribution in [0.4, 0.5) is 8.78 Å². The number of aryl methyl sites for hydroxylation is 1. The molecule has 9 heteroatoms. The minimum atomic E-state index is -2.23. The number of rotatable bonds is 8. The largest absolute Gasteiger partial charge is 0.449 e. The van der Waals surface area contributed by atoms with Crippen LogP contribution in [0.25, 0.3) is 0 Å². The molecule has 4 aliphatic carbocycles. The quantitative estimate of drug-likeness (QED) is 0.251. The predicted molar refractivity (Wildman–Crippen MR) is 146 cm³/mol. The predicted octanol–water partition coefficient (Wildman–Crippen LogP) is 5.21. The van der Waals surface area contributed by atoms with E-state index in [-0.39, 0.29) is 31.0 Å². The minimum Gasteiger partial charge on any atom is -0.449 e. The molecule has 40 heavy (non-hydrogen) atoms. The second-order valence-corrected chi connectivity index (χ2v) is 12.7. The lowest BCUT2D eigenvalue weighted by Crippen LogP contribution is -2.68. The maximum Gasteiger partial charge on any atom is 0.311 e. The van der Waals surface area contributed by atoms with Crippen molar-refractivity contribution in [1.82, 2.24) is 5.06 Å². The summed E-state index contributed by atoms with van der Waals surface area (Å²) in [5.41, 5.74) is -3.40. The molecule has 3 saturated carbocycles. The SMILES string of the molecule is C[C@]12C[C@H](O)[C@@]3(F)[C@@H](C[C@H](F)C4=CC(=O)C=C[C@@]43C)C1C[C@@H](CN(O)CCCc1ccccc1)[C@@H]2C(=O)OCCl. The van der Waals surface area contributed by atoms with Crippen molar-refractivity contribution >= 4 is 23.4 Å². The van der Waals surface area contributed by atoms with E-state index in [2.05, 4.69) is 0 Å². The molecular weight excluding hydrogens is 540 g/mol. The summed E-state index contributed by atoms with van der Waals surface area (Å²) in [6.45, 7) is 3.93. The van der Waals surface area contributed by atoms with E-state index in [1.54, 1.807) is 6.92 Å². The van der Waals surface area contributed by atoms with E-state index in [0.717, 1.165) is 12.0 Å². The van der Waals surface area contributed by atoms with Crippen molar-refractivity contribution in [3.63, 3.8) is 0 Å². The number of alkyl halides is 3. The molecule has 0 spiro atoms. The van der Waals surface area contributed by atoms with Gasteiger partial charge in [0.2, 0.25) is 0 Å². The summed E-state index contributed by atoms with van der Waals surface area (Å²) in [5.74, 6) is -3.48. The van der Waals surface area contributed by atoms with E-state index in [4.69, 9.17) is 16.3 Å². The summed E-state index contributed by atoms with van der Waals surface area (Å²) >= 11 is 5.76. The summed E-state index contributed by atoms with van der Waals surface area (Å²) < 4.78 is 38.4. The van der Waals surface area contributed by atoms with Crippen LogP contribution < -0.4 is 0 Å². The minimum absolute atomic E-state index is 0.0374. The smallest absolute Gasteiger partial charge is 0.311 e. The van der Waals surface area contributed by atoms with Gasteiger partial charge < -0.3 is 15.1 Å². The number of aliphatic hydroxyl groups is 1. The standard InChI is InChI=1S/C31H38ClF2NO5/c1-29-16-26(37)31(34)23(15-25(33)24-14-21(36)10-11-30(24,31)2)22(29)13-20(27(29)28(38)40-18-32)17-35(39)12-6-9-19-7-4-3-5-8-19/h3-5,7-8,10-11,14,20,22-23,25-27,37,39H,6,9,12-13,15-18H2,1-2H3/t20-,22?,23-,25-,26-,27+,29-,30-,31-/m0/s1. The number of carbonyl (C=O) groups excluding carboxylic acids is 2. The second kappa shape index (κ2) is 10.9. The van der Waals surface area contributed by atoms with Gasteiger partial charge in [-0.3, -0.25) is 9.59 Å². The van der Waals surface area contributed by atoms with Crippen LogP contribution in [0.3, 0.4) is 0 Å². The molecule has 1 unspecified atom stereocenters. The van der Waals surface area contributed by atoms with Crippen LogP contribution in [0.2, 0.25) is 0 Å². The normalized spacial score (nSPS) is 40.3.